The van der Waals surface area contributed by atoms with E-state index in [1.54, 1.807) is 0 Å². The molecule has 0 unspecified atom stereocenters. The SMILES string of the molecule is C=N/C(Cl)=C(/C/C(C)=C\C)C(=C)C. The van der Waals surface area contributed by atoms with E-state index in [9.17, 15) is 0 Å². The fraction of sp³-hybridized carbons (Fsp3) is 0.364. The summed E-state index contributed by atoms with van der Waals surface area (Å²) >= 11 is 5.89. The van der Waals surface area contributed by atoms with Gasteiger partial charge in [0.2, 0.25) is 0 Å². The Morgan fingerprint density at radius 3 is 2.31 bits per heavy atom. The van der Waals surface area contributed by atoms with E-state index >= 15 is 0 Å². The van der Waals surface area contributed by atoms with Gasteiger partial charge in [-0.1, -0.05) is 35.4 Å². The van der Waals surface area contributed by atoms with Crippen molar-refractivity contribution in [2.45, 2.75) is 27.2 Å². The number of rotatable bonds is 4. The lowest BCUT2D eigenvalue weighted by Crippen LogP contribution is -1.89. The maximum absolute atomic E-state index is 5.89. The highest BCUT2D eigenvalue weighted by molar-refractivity contribution is 6.30. The van der Waals surface area contributed by atoms with Gasteiger partial charge in [0, 0.05) is 0 Å². The van der Waals surface area contributed by atoms with Crippen LogP contribution in [0.2, 0.25) is 0 Å². The molecule has 0 aliphatic rings. The minimum Gasteiger partial charge on any atom is -0.252 e. The fourth-order valence-electron chi connectivity index (χ4n) is 0.876. The summed E-state index contributed by atoms with van der Waals surface area (Å²) in [5, 5.41) is 0.453. The van der Waals surface area contributed by atoms with Crippen LogP contribution in [0.5, 0.6) is 0 Å². The van der Waals surface area contributed by atoms with Crippen molar-refractivity contribution in [1.82, 2.24) is 0 Å². The van der Waals surface area contributed by atoms with Gasteiger partial charge in [0.1, 0.15) is 5.16 Å². The summed E-state index contributed by atoms with van der Waals surface area (Å²) in [6, 6.07) is 0. The molecule has 13 heavy (non-hydrogen) atoms. The molecular formula is C11H16ClN. The molecule has 0 N–H and O–H groups in total. The Kier molecular flexibility index (Phi) is 5.40. The van der Waals surface area contributed by atoms with Gasteiger partial charge in [0.15, 0.2) is 0 Å². The Bertz CT molecular complexity index is 272. The molecule has 2 heteroatoms. The normalized spacial score (nSPS) is 13.7. The molecule has 0 heterocycles. The molecule has 0 saturated carbocycles. The molecule has 0 bridgehead atoms. The lowest BCUT2D eigenvalue weighted by atomic mass is 10.0. The van der Waals surface area contributed by atoms with Crippen LogP contribution in [-0.2, 0) is 0 Å². The first-order valence-electron chi connectivity index (χ1n) is 4.16. The second-order valence-corrected chi connectivity index (χ2v) is 3.38. The molecule has 72 valence electrons. The predicted molar refractivity (Wildman–Crippen MR) is 61.3 cm³/mol. The molecule has 0 atom stereocenters. The number of hydrogen-bond donors (Lipinski definition) is 0. The average molecular weight is 198 g/mol. The molecule has 0 saturated heterocycles. The van der Waals surface area contributed by atoms with E-state index in [4.69, 9.17) is 11.6 Å². The van der Waals surface area contributed by atoms with Crippen molar-refractivity contribution in [2.24, 2.45) is 4.99 Å². The van der Waals surface area contributed by atoms with Crippen molar-refractivity contribution in [3.63, 3.8) is 0 Å². The topological polar surface area (TPSA) is 12.4 Å². The summed E-state index contributed by atoms with van der Waals surface area (Å²) < 4.78 is 0. The molecule has 0 aromatic carbocycles. The summed E-state index contributed by atoms with van der Waals surface area (Å²) in [5.41, 5.74) is 3.16. The van der Waals surface area contributed by atoms with Crippen molar-refractivity contribution >= 4 is 18.3 Å². The van der Waals surface area contributed by atoms with E-state index < -0.39 is 0 Å². The molecule has 1 nitrogen and oxygen atoms in total. The van der Waals surface area contributed by atoms with Crippen LogP contribution in [0.15, 0.2) is 39.5 Å². The summed E-state index contributed by atoms with van der Waals surface area (Å²) in [5.74, 6) is 0. The first-order valence-corrected chi connectivity index (χ1v) is 4.53. The van der Waals surface area contributed by atoms with E-state index in [0.717, 1.165) is 17.6 Å². The van der Waals surface area contributed by atoms with Gasteiger partial charge in [-0.2, -0.15) is 0 Å². The van der Waals surface area contributed by atoms with Crippen LogP contribution in [-0.4, -0.2) is 6.72 Å². The highest BCUT2D eigenvalue weighted by atomic mass is 35.5. The van der Waals surface area contributed by atoms with E-state index in [2.05, 4.69) is 31.3 Å². The molecule has 0 fully saturated rings. The third-order valence-electron chi connectivity index (χ3n) is 1.85. The van der Waals surface area contributed by atoms with Crippen molar-refractivity contribution in [3.8, 4) is 0 Å². The number of halogens is 1. The van der Waals surface area contributed by atoms with Crippen LogP contribution >= 0.6 is 11.6 Å². The van der Waals surface area contributed by atoms with E-state index in [0.29, 0.717) is 5.16 Å². The standard InChI is InChI=1S/C11H16ClN/c1-6-9(4)7-10(8(2)3)11(12)13-5/h6H,2,5,7H2,1,3-4H3/b9-6-,11-10-. The quantitative estimate of drug-likeness (QED) is 0.279. The van der Waals surface area contributed by atoms with Crippen LogP contribution in [0.4, 0.5) is 0 Å². The fourth-order valence-corrected chi connectivity index (χ4v) is 1.10. The Balaban J connectivity index is 4.85. The molecule has 0 rings (SSSR count). The Hall–Kier alpha value is -0.820. The van der Waals surface area contributed by atoms with Gasteiger partial charge in [0.25, 0.3) is 0 Å². The van der Waals surface area contributed by atoms with Gasteiger partial charge in [-0.25, -0.2) is 0 Å². The zero-order valence-electron chi connectivity index (χ0n) is 8.52. The number of allylic oxidation sites excluding steroid dienone is 4. The molecule has 0 aliphatic carbocycles. The first kappa shape index (κ1) is 12.2. The lowest BCUT2D eigenvalue weighted by Gasteiger charge is -2.07. The monoisotopic (exact) mass is 197 g/mol. The summed E-state index contributed by atoms with van der Waals surface area (Å²) in [7, 11) is 0. The van der Waals surface area contributed by atoms with Crippen LogP contribution < -0.4 is 0 Å². The Labute approximate surface area is 85.5 Å². The third kappa shape index (κ3) is 4.09. The average Bonchev–Trinajstić information content (AvgIpc) is 2.11. The summed E-state index contributed by atoms with van der Waals surface area (Å²) in [4.78, 5) is 3.70. The number of hydrogen-bond acceptors (Lipinski definition) is 1. The molecule has 0 aliphatic heterocycles. The molecule has 0 radical (unpaired) electrons. The van der Waals surface area contributed by atoms with Crippen molar-refractivity contribution in [1.29, 1.82) is 0 Å². The number of aliphatic imine (C=N–C) groups is 1. The first-order chi connectivity index (χ1) is 6.02. The second-order valence-electron chi connectivity index (χ2n) is 3.02. The summed E-state index contributed by atoms with van der Waals surface area (Å²) in [6.45, 7) is 13.2. The Morgan fingerprint density at radius 2 is 2.00 bits per heavy atom. The van der Waals surface area contributed by atoms with Crippen LogP contribution in [0, 0.1) is 0 Å². The highest BCUT2D eigenvalue weighted by Crippen LogP contribution is 2.24. The van der Waals surface area contributed by atoms with Gasteiger partial charge in [0.05, 0.1) is 0 Å². The van der Waals surface area contributed by atoms with Gasteiger partial charge in [-0.15, -0.1) is 0 Å². The van der Waals surface area contributed by atoms with Gasteiger partial charge in [-0.05, 0) is 39.5 Å². The zero-order chi connectivity index (χ0) is 10.4. The van der Waals surface area contributed by atoms with Crippen LogP contribution in [0.25, 0.3) is 0 Å². The highest BCUT2D eigenvalue weighted by Gasteiger charge is 2.04. The largest absolute Gasteiger partial charge is 0.252 e. The van der Waals surface area contributed by atoms with Gasteiger partial charge in [-0.3, -0.25) is 4.99 Å². The van der Waals surface area contributed by atoms with Crippen molar-refractivity contribution in [2.75, 3.05) is 0 Å². The van der Waals surface area contributed by atoms with Crippen molar-refractivity contribution in [3.05, 3.63) is 34.5 Å². The lowest BCUT2D eigenvalue weighted by molar-refractivity contribution is 1.09. The molecule has 0 aromatic heterocycles. The molecule has 0 amide bonds. The van der Waals surface area contributed by atoms with E-state index in [-0.39, 0.29) is 0 Å². The van der Waals surface area contributed by atoms with Crippen LogP contribution in [0.1, 0.15) is 27.2 Å². The summed E-state index contributed by atoms with van der Waals surface area (Å²) in [6.07, 6.45) is 2.85. The maximum atomic E-state index is 5.89. The Morgan fingerprint density at radius 1 is 1.46 bits per heavy atom. The van der Waals surface area contributed by atoms with Crippen LogP contribution in [0.3, 0.4) is 0 Å². The van der Waals surface area contributed by atoms with Gasteiger partial charge < -0.3 is 0 Å². The minimum atomic E-state index is 0.453. The predicted octanol–water partition coefficient (Wildman–Crippen LogP) is 4.07. The van der Waals surface area contributed by atoms with E-state index in [1.165, 1.54) is 5.57 Å². The van der Waals surface area contributed by atoms with Gasteiger partial charge >= 0.3 is 0 Å². The molecule has 0 aromatic rings. The number of nitrogens with zero attached hydrogens (tertiary/aromatic N) is 1. The third-order valence-corrected chi connectivity index (χ3v) is 2.20. The molecular weight excluding hydrogens is 182 g/mol. The minimum absolute atomic E-state index is 0.453. The maximum Gasteiger partial charge on any atom is 0.132 e. The second kappa shape index (κ2) is 5.76. The zero-order valence-corrected chi connectivity index (χ0v) is 9.28. The van der Waals surface area contributed by atoms with Crippen molar-refractivity contribution < 1.29 is 0 Å². The van der Waals surface area contributed by atoms with E-state index in [1.807, 2.05) is 13.8 Å². The molecule has 0 spiro atoms. The smallest absolute Gasteiger partial charge is 0.132 e.